The van der Waals surface area contributed by atoms with Crippen LogP contribution in [0.15, 0.2) is 53.5 Å². The smallest absolute Gasteiger partial charge is 0.119 e. The summed E-state index contributed by atoms with van der Waals surface area (Å²) in [5.74, 6) is 0.925. The van der Waals surface area contributed by atoms with Crippen LogP contribution in [0.25, 0.3) is 0 Å². The topological polar surface area (TPSA) is 21.6 Å². The fourth-order valence-corrected chi connectivity index (χ4v) is 2.17. The Balaban J connectivity index is 1.92. The van der Waals surface area contributed by atoms with Crippen LogP contribution in [0.2, 0.25) is 0 Å². The third kappa shape index (κ3) is 5.36. The van der Waals surface area contributed by atoms with Crippen molar-refractivity contribution < 1.29 is 4.74 Å². The SMILES string of the molecule is CCCCOc1ccc(/C=N/c2ccc(CCC)cc2)cc1. The Bertz CT molecular complexity index is 570. The van der Waals surface area contributed by atoms with Crippen molar-refractivity contribution in [2.24, 2.45) is 4.99 Å². The third-order valence-electron chi connectivity index (χ3n) is 3.48. The zero-order valence-corrected chi connectivity index (χ0v) is 13.6. The van der Waals surface area contributed by atoms with E-state index >= 15 is 0 Å². The van der Waals surface area contributed by atoms with Gasteiger partial charge in [-0.25, -0.2) is 0 Å². The molecular formula is C20H25NO. The van der Waals surface area contributed by atoms with Crippen LogP contribution in [0, 0.1) is 0 Å². The monoisotopic (exact) mass is 295 g/mol. The molecule has 22 heavy (non-hydrogen) atoms. The molecule has 0 amide bonds. The summed E-state index contributed by atoms with van der Waals surface area (Å²) in [6, 6.07) is 16.5. The Labute approximate surface area is 133 Å². The van der Waals surface area contributed by atoms with Gasteiger partial charge in [0.1, 0.15) is 5.75 Å². The molecule has 0 heterocycles. The summed E-state index contributed by atoms with van der Waals surface area (Å²) in [4.78, 5) is 4.52. The van der Waals surface area contributed by atoms with Crippen LogP contribution in [-0.2, 0) is 6.42 Å². The molecule has 2 heteroatoms. The van der Waals surface area contributed by atoms with E-state index in [-0.39, 0.29) is 0 Å². The molecule has 0 aliphatic rings. The molecule has 0 fully saturated rings. The Morgan fingerprint density at radius 2 is 1.64 bits per heavy atom. The summed E-state index contributed by atoms with van der Waals surface area (Å²) in [7, 11) is 0. The summed E-state index contributed by atoms with van der Waals surface area (Å²) in [6.45, 7) is 5.15. The summed E-state index contributed by atoms with van der Waals surface area (Å²) in [5.41, 5.74) is 3.44. The van der Waals surface area contributed by atoms with Gasteiger partial charge in [0.15, 0.2) is 0 Å². The summed E-state index contributed by atoms with van der Waals surface area (Å²) < 4.78 is 5.66. The van der Waals surface area contributed by atoms with Gasteiger partial charge in [0.05, 0.1) is 12.3 Å². The molecule has 0 radical (unpaired) electrons. The van der Waals surface area contributed by atoms with Gasteiger partial charge < -0.3 is 4.74 Å². The van der Waals surface area contributed by atoms with Crippen LogP contribution >= 0.6 is 0 Å². The number of benzene rings is 2. The molecule has 0 spiro atoms. The number of hydrogen-bond donors (Lipinski definition) is 0. The molecule has 0 aliphatic carbocycles. The number of ether oxygens (including phenoxy) is 1. The van der Waals surface area contributed by atoms with Crippen molar-refractivity contribution >= 4 is 11.9 Å². The highest BCUT2D eigenvalue weighted by atomic mass is 16.5. The van der Waals surface area contributed by atoms with Crippen LogP contribution in [0.1, 0.15) is 44.2 Å². The lowest BCUT2D eigenvalue weighted by Gasteiger charge is -2.04. The minimum Gasteiger partial charge on any atom is -0.494 e. The van der Waals surface area contributed by atoms with Gasteiger partial charge in [-0.2, -0.15) is 0 Å². The van der Waals surface area contributed by atoms with E-state index < -0.39 is 0 Å². The normalized spacial score (nSPS) is 11.0. The molecule has 0 saturated carbocycles. The van der Waals surface area contributed by atoms with Crippen molar-refractivity contribution in [3.05, 3.63) is 59.7 Å². The van der Waals surface area contributed by atoms with Crippen LogP contribution in [-0.4, -0.2) is 12.8 Å². The fraction of sp³-hybridized carbons (Fsp3) is 0.350. The number of aryl methyl sites for hydroxylation is 1. The molecule has 2 aromatic carbocycles. The molecule has 2 rings (SSSR count). The maximum absolute atomic E-state index is 5.66. The highest BCUT2D eigenvalue weighted by Crippen LogP contribution is 2.15. The highest BCUT2D eigenvalue weighted by Gasteiger charge is 1.95. The predicted octanol–water partition coefficient (Wildman–Crippen LogP) is 5.57. The number of nitrogens with zero attached hydrogens (tertiary/aromatic N) is 1. The second kappa shape index (κ2) is 9.04. The van der Waals surface area contributed by atoms with Gasteiger partial charge in [-0.05, 0) is 60.4 Å². The molecule has 0 atom stereocenters. The van der Waals surface area contributed by atoms with Crippen molar-refractivity contribution in [2.75, 3.05) is 6.61 Å². The summed E-state index contributed by atoms with van der Waals surface area (Å²) >= 11 is 0. The Morgan fingerprint density at radius 1 is 0.909 bits per heavy atom. The lowest BCUT2D eigenvalue weighted by Crippen LogP contribution is -1.96. The maximum atomic E-state index is 5.66. The molecule has 0 bridgehead atoms. The van der Waals surface area contributed by atoms with E-state index in [4.69, 9.17) is 4.74 Å². The number of aliphatic imine (C=N–C) groups is 1. The number of hydrogen-bond acceptors (Lipinski definition) is 2. The van der Waals surface area contributed by atoms with E-state index in [0.29, 0.717) is 0 Å². The largest absolute Gasteiger partial charge is 0.494 e. The molecule has 0 aromatic heterocycles. The fourth-order valence-electron chi connectivity index (χ4n) is 2.17. The first-order chi connectivity index (χ1) is 10.8. The van der Waals surface area contributed by atoms with E-state index in [1.807, 2.05) is 30.5 Å². The molecule has 116 valence electrons. The van der Waals surface area contributed by atoms with E-state index in [2.05, 4.69) is 43.1 Å². The first-order valence-electron chi connectivity index (χ1n) is 8.17. The van der Waals surface area contributed by atoms with Crippen LogP contribution in [0.3, 0.4) is 0 Å². The molecule has 0 saturated heterocycles. The van der Waals surface area contributed by atoms with Gasteiger partial charge in [0.25, 0.3) is 0 Å². The Kier molecular flexibility index (Phi) is 6.69. The average Bonchev–Trinajstić information content (AvgIpc) is 2.56. The average molecular weight is 295 g/mol. The first-order valence-corrected chi connectivity index (χ1v) is 8.17. The van der Waals surface area contributed by atoms with Crippen molar-refractivity contribution in [2.45, 2.75) is 39.5 Å². The van der Waals surface area contributed by atoms with Gasteiger partial charge in [-0.1, -0.05) is 38.8 Å². The second-order valence-electron chi connectivity index (χ2n) is 5.45. The lowest BCUT2D eigenvalue weighted by molar-refractivity contribution is 0.309. The second-order valence-corrected chi connectivity index (χ2v) is 5.45. The number of rotatable bonds is 8. The number of unbranched alkanes of at least 4 members (excludes halogenated alkanes) is 1. The summed E-state index contributed by atoms with van der Waals surface area (Å²) in [5, 5.41) is 0. The Hall–Kier alpha value is -2.09. The third-order valence-corrected chi connectivity index (χ3v) is 3.48. The maximum Gasteiger partial charge on any atom is 0.119 e. The van der Waals surface area contributed by atoms with Crippen LogP contribution < -0.4 is 4.74 Å². The molecule has 2 nitrogen and oxygen atoms in total. The molecule has 2 aromatic rings. The van der Waals surface area contributed by atoms with E-state index in [1.54, 1.807) is 0 Å². The van der Waals surface area contributed by atoms with Crippen molar-refractivity contribution in [1.29, 1.82) is 0 Å². The van der Waals surface area contributed by atoms with Crippen molar-refractivity contribution in [3.8, 4) is 5.75 Å². The van der Waals surface area contributed by atoms with Crippen LogP contribution in [0.5, 0.6) is 5.75 Å². The minimum atomic E-state index is 0.786. The van der Waals surface area contributed by atoms with Crippen molar-refractivity contribution in [3.63, 3.8) is 0 Å². The predicted molar refractivity (Wildman–Crippen MR) is 94.5 cm³/mol. The van der Waals surface area contributed by atoms with E-state index in [9.17, 15) is 0 Å². The zero-order chi connectivity index (χ0) is 15.6. The van der Waals surface area contributed by atoms with Crippen molar-refractivity contribution in [1.82, 2.24) is 0 Å². The molecule has 0 aliphatic heterocycles. The van der Waals surface area contributed by atoms with E-state index in [0.717, 1.165) is 42.9 Å². The molecule has 0 N–H and O–H groups in total. The minimum absolute atomic E-state index is 0.786. The van der Waals surface area contributed by atoms with Gasteiger partial charge in [0, 0.05) is 6.21 Å². The zero-order valence-electron chi connectivity index (χ0n) is 13.6. The van der Waals surface area contributed by atoms with Crippen LogP contribution in [0.4, 0.5) is 5.69 Å². The Morgan fingerprint density at radius 3 is 2.27 bits per heavy atom. The highest BCUT2D eigenvalue weighted by molar-refractivity contribution is 5.82. The van der Waals surface area contributed by atoms with Gasteiger partial charge in [-0.3, -0.25) is 4.99 Å². The van der Waals surface area contributed by atoms with Gasteiger partial charge in [-0.15, -0.1) is 0 Å². The first kappa shape index (κ1) is 16.3. The lowest BCUT2D eigenvalue weighted by atomic mass is 10.1. The van der Waals surface area contributed by atoms with Gasteiger partial charge >= 0.3 is 0 Å². The molecule has 0 unspecified atom stereocenters. The van der Waals surface area contributed by atoms with E-state index in [1.165, 1.54) is 12.0 Å². The quantitative estimate of drug-likeness (QED) is 0.461. The van der Waals surface area contributed by atoms with Gasteiger partial charge in [0.2, 0.25) is 0 Å². The summed E-state index contributed by atoms with van der Waals surface area (Å²) in [6.07, 6.45) is 6.45. The standard InChI is InChI=1S/C20H25NO/c1-3-5-15-22-20-13-9-18(10-14-20)16-21-19-11-7-17(6-4-2)8-12-19/h7-14,16H,3-6,15H2,1-2H3/b21-16+. The molecular weight excluding hydrogens is 270 g/mol.